The quantitative estimate of drug-likeness (QED) is 0.746. The molecule has 16 heavy (non-hydrogen) atoms. The number of fused-ring (bicyclic) bond motifs is 1. The molecule has 0 saturated heterocycles. The first-order valence-corrected chi connectivity index (χ1v) is 5.41. The Morgan fingerprint density at radius 2 is 2.19 bits per heavy atom. The van der Waals surface area contributed by atoms with E-state index in [-0.39, 0.29) is 11.8 Å². The molecular formula is C14H15NO. The highest BCUT2D eigenvalue weighted by atomic mass is 16.2. The molecule has 0 saturated carbocycles. The van der Waals surface area contributed by atoms with E-state index in [1.807, 2.05) is 32.0 Å². The van der Waals surface area contributed by atoms with Crippen LogP contribution in [0.15, 0.2) is 24.3 Å². The number of carbonyl (C=O) groups is 1. The zero-order valence-corrected chi connectivity index (χ0v) is 9.58. The van der Waals surface area contributed by atoms with Crippen molar-refractivity contribution in [1.29, 1.82) is 0 Å². The zero-order chi connectivity index (χ0) is 11.8. The molecule has 1 aromatic carbocycles. The number of terminal acetylenes is 1. The molecule has 82 valence electrons. The Hall–Kier alpha value is -1.75. The molecule has 1 N–H and O–H groups in total. The summed E-state index contributed by atoms with van der Waals surface area (Å²) in [6, 6.07) is 8.03. The second-order valence-corrected chi connectivity index (χ2v) is 4.71. The van der Waals surface area contributed by atoms with Crippen LogP contribution in [0.5, 0.6) is 0 Å². The SMILES string of the molecule is C#CC(C)(C)NC(=O)C1Cc2ccccc21. The second-order valence-electron chi connectivity index (χ2n) is 4.71. The highest BCUT2D eigenvalue weighted by Crippen LogP contribution is 2.35. The number of amides is 1. The van der Waals surface area contributed by atoms with Gasteiger partial charge in [0, 0.05) is 0 Å². The number of carbonyl (C=O) groups excluding carboxylic acids is 1. The predicted molar refractivity (Wildman–Crippen MR) is 63.9 cm³/mol. The van der Waals surface area contributed by atoms with Crippen molar-refractivity contribution in [3.05, 3.63) is 35.4 Å². The van der Waals surface area contributed by atoms with Crippen LogP contribution in [0.4, 0.5) is 0 Å². The third-order valence-corrected chi connectivity index (χ3v) is 2.97. The zero-order valence-electron chi connectivity index (χ0n) is 9.58. The molecule has 0 fully saturated rings. The van der Waals surface area contributed by atoms with Gasteiger partial charge >= 0.3 is 0 Å². The minimum Gasteiger partial charge on any atom is -0.340 e. The third kappa shape index (κ3) is 1.81. The van der Waals surface area contributed by atoms with E-state index in [0.29, 0.717) is 0 Å². The van der Waals surface area contributed by atoms with Gasteiger partial charge in [-0.1, -0.05) is 30.2 Å². The summed E-state index contributed by atoms with van der Waals surface area (Å²) in [6.45, 7) is 3.66. The van der Waals surface area contributed by atoms with E-state index in [1.165, 1.54) is 5.56 Å². The summed E-state index contributed by atoms with van der Waals surface area (Å²) in [5, 5.41) is 2.87. The topological polar surface area (TPSA) is 29.1 Å². The molecule has 0 aromatic heterocycles. The molecule has 0 spiro atoms. The van der Waals surface area contributed by atoms with Crippen molar-refractivity contribution in [2.24, 2.45) is 0 Å². The van der Waals surface area contributed by atoms with Gasteiger partial charge < -0.3 is 5.32 Å². The Morgan fingerprint density at radius 1 is 1.50 bits per heavy atom. The van der Waals surface area contributed by atoms with Crippen molar-refractivity contribution < 1.29 is 4.79 Å². The number of rotatable bonds is 2. The van der Waals surface area contributed by atoms with Gasteiger partial charge in [0.1, 0.15) is 0 Å². The summed E-state index contributed by atoms with van der Waals surface area (Å²) in [5.74, 6) is 2.57. The highest BCUT2D eigenvalue weighted by Gasteiger charge is 2.33. The van der Waals surface area contributed by atoms with Crippen molar-refractivity contribution >= 4 is 5.91 Å². The lowest BCUT2D eigenvalue weighted by Gasteiger charge is -2.31. The molecule has 1 amide bonds. The van der Waals surface area contributed by atoms with Crippen LogP contribution >= 0.6 is 0 Å². The van der Waals surface area contributed by atoms with Gasteiger partial charge in [-0.3, -0.25) is 4.79 Å². The Morgan fingerprint density at radius 3 is 2.81 bits per heavy atom. The van der Waals surface area contributed by atoms with Gasteiger partial charge in [-0.05, 0) is 31.4 Å². The van der Waals surface area contributed by atoms with Crippen LogP contribution in [0.1, 0.15) is 30.9 Å². The molecule has 0 aliphatic heterocycles. The second kappa shape index (κ2) is 3.68. The van der Waals surface area contributed by atoms with Crippen LogP contribution in [0.2, 0.25) is 0 Å². The van der Waals surface area contributed by atoms with Gasteiger partial charge in [0.25, 0.3) is 0 Å². The predicted octanol–water partition coefficient (Wildman–Crippen LogP) is 1.85. The molecule has 1 aromatic rings. The monoisotopic (exact) mass is 213 g/mol. The molecule has 2 rings (SSSR count). The van der Waals surface area contributed by atoms with Gasteiger partial charge in [0.15, 0.2) is 0 Å². The van der Waals surface area contributed by atoms with E-state index < -0.39 is 5.54 Å². The van der Waals surface area contributed by atoms with E-state index in [9.17, 15) is 4.79 Å². The first-order valence-electron chi connectivity index (χ1n) is 5.41. The molecule has 2 nitrogen and oxygen atoms in total. The lowest BCUT2D eigenvalue weighted by molar-refractivity contribution is -0.124. The van der Waals surface area contributed by atoms with E-state index in [2.05, 4.69) is 17.3 Å². The molecule has 1 unspecified atom stereocenters. The van der Waals surface area contributed by atoms with E-state index in [4.69, 9.17) is 6.42 Å². The fourth-order valence-electron chi connectivity index (χ4n) is 1.92. The van der Waals surface area contributed by atoms with Crippen LogP contribution in [-0.2, 0) is 11.2 Å². The largest absolute Gasteiger partial charge is 0.340 e. The van der Waals surface area contributed by atoms with Gasteiger partial charge in [0.2, 0.25) is 5.91 Å². The molecule has 2 heteroatoms. The minimum absolute atomic E-state index is 0.0242. The third-order valence-electron chi connectivity index (χ3n) is 2.97. The van der Waals surface area contributed by atoms with Crippen LogP contribution < -0.4 is 5.32 Å². The van der Waals surface area contributed by atoms with E-state index in [1.54, 1.807) is 0 Å². The van der Waals surface area contributed by atoms with Gasteiger partial charge in [0.05, 0.1) is 11.5 Å². The standard InChI is InChI=1S/C14H15NO/c1-4-14(2,3)15-13(16)12-9-10-7-5-6-8-11(10)12/h1,5-8,12H,9H2,2-3H3,(H,15,16). The highest BCUT2D eigenvalue weighted by molar-refractivity contribution is 5.87. The number of benzene rings is 1. The Labute approximate surface area is 96.1 Å². The average Bonchev–Trinajstić information content (AvgIpc) is 2.19. The van der Waals surface area contributed by atoms with Gasteiger partial charge in [-0.15, -0.1) is 6.42 Å². The van der Waals surface area contributed by atoms with E-state index in [0.717, 1.165) is 12.0 Å². The first-order chi connectivity index (χ1) is 7.53. The van der Waals surface area contributed by atoms with Crippen LogP contribution in [0.25, 0.3) is 0 Å². The lowest BCUT2D eigenvalue weighted by atomic mass is 9.77. The van der Waals surface area contributed by atoms with Gasteiger partial charge in [-0.25, -0.2) is 0 Å². The maximum Gasteiger partial charge on any atom is 0.229 e. The summed E-state index contributed by atoms with van der Waals surface area (Å²) in [6.07, 6.45) is 6.17. The normalized spacial score (nSPS) is 17.9. The summed E-state index contributed by atoms with van der Waals surface area (Å²) < 4.78 is 0. The molecule has 0 heterocycles. The Balaban J connectivity index is 2.09. The number of hydrogen-bond acceptors (Lipinski definition) is 1. The summed E-state index contributed by atoms with van der Waals surface area (Å²) in [5.41, 5.74) is 1.83. The van der Waals surface area contributed by atoms with Crippen LogP contribution in [0, 0.1) is 12.3 Å². The number of hydrogen-bond donors (Lipinski definition) is 1. The van der Waals surface area contributed by atoms with E-state index >= 15 is 0 Å². The summed E-state index contributed by atoms with van der Waals surface area (Å²) in [4.78, 5) is 12.0. The summed E-state index contributed by atoms with van der Waals surface area (Å²) in [7, 11) is 0. The molecule has 1 atom stereocenters. The number of nitrogens with one attached hydrogen (secondary N) is 1. The van der Waals surface area contributed by atoms with Crippen molar-refractivity contribution in [2.75, 3.05) is 0 Å². The lowest BCUT2D eigenvalue weighted by Crippen LogP contribution is -2.46. The molecule has 1 aliphatic rings. The summed E-state index contributed by atoms with van der Waals surface area (Å²) >= 11 is 0. The smallest absolute Gasteiger partial charge is 0.229 e. The minimum atomic E-state index is -0.568. The van der Waals surface area contributed by atoms with Crippen molar-refractivity contribution in [2.45, 2.75) is 31.7 Å². The molecule has 1 aliphatic carbocycles. The van der Waals surface area contributed by atoms with Crippen LogP contribution in [-0.4, -0.2) is 11.4 Å². The van der Waals surface area contributed by atoms with Crippen LogP contribution in [0.3, 0.4) is 0 Å². The Kier molecular flexibility index (Phi) is 2.47. The fourth-order valence-corrected chi connectivity index (χ4v) is 1.92. The average molecular weight is 213 g/mol. The molecule has 0 radical (unpaired) electrons. The molecule has 0 bridgehead atoms. The maximum atomic E-state index is 12.0. The van der Waals surface area contributed by atoms with Gasteiger partial charge in [-0.2, -0.15) is 0 Å². The van der Waals surface area contributed by atoms with Crippen molar-refractivity contribution in [3.8, 4) is 12.3 Å². The maximum absolute atomic E-state index is 12.0. The first kappa shape index (κ1) is 10.8. The van der Waals surface area contributed by atoms with Crippen molar-refractivity contribution in [3.63, 3.8) is 0 Å². The fraction of sp³-hybridized carbons (Fsp3) is 0.357. The Bertz CT molecular complexity index is 468. The molecular weight excluding hydrogens is 198 g/mol. The van der Waals surface area contributed by atoms with Crippen molar-refractivity contribution in [1.82, 2.24) is 5.32 Å².